The molecular formula is C32H36ClN3O5. The fourth-order valence-corrected chi connectivity index (χ4v) is 5.00. The number of rotatable bonds is 5. The van der Waals surface area contributed by atoms with Crippen LogP contribution >= 0.6 is 11.6 Å². The first-order valence-corrected chi connectivity index (χ1v) is 14.2. The first-order valence-electron chi connectivity index (χ1n) is 13.8. The maximum Gasteiger partial charge on any atom is 0.255 e. The number of nitrogens with one attached hydrogen (secondary N) is 2. The van der Waals surface area contributed by atoms with E-state index < -0.39 is 6.04 Å². The Morgan fingerprint density at radius 2 is 1.88 bits per heavy atom. The highest BCUT2D eigenvalue weighted by atomic mass is 35.5. The van der Waals surface area contributed by atoms with Gasteiger partial charge in [-0.3, -0.25) is 14.4 Å². The summed E-state index contributed by atoms with van der Waals surface area (Å²) in [6, 6.07) is 20.0. The lowest BCUT2D eigenvalue weighted by Crippen LogP contribution is -2.47. The molecule has 41 heavy (non-hydrogen) atoms. The van der Waals surface area contributed by atoms with Gasteiger partial charge in [-0.1, -0.05) is 59.6 Å². The van der Waals surface area contributed by atoms with E-state index in [1.165, 1.54) is 0 Å². The Hall–Kier alpha value is -4.04. The molecule has 0 aliphatic carbocycles. The van der Waals surface area contributed by atoms with Crippen molar-refractivity contribution in [3.8, 4) is 11.5 Å². The number of carbonyl (C=O) groups is 3. The molecule has 0 spiro atoms. The van der Waals surface area contributed by atoms with E-state index in [0.29, 0.717) is 54.4 Å². The summed E-state index contributed by atoms with van der Waals surface area (Å²) in [4.78, 5) is 41.4. The van der Waals surface area contributed by atoms with Crippen molar-refractivity contribution in [3.05, 3.63) is 94.0 Å². The van der Waals surface area contributed by atoms with Gasteiger partial charge >= 0.3 is 0 Å². The number of amides is 3. The van der Waals surface area contributed by atoms with Gasteiger partial charge in [0.25, 0.3) is 5.91 Å². The molecular weight excluding hydrogens is 542 g/mol. The summed E-state index contributed by atoms with van der Waals surface area (Å²) in [5, 5.41) is 6.41. The fourth-order valence-electron chi connectivity index (χ4n) is 4.83. The fraction of sp³-hybridized carbons (Fsp3) is 0.344. The molecule has 2 N–H and O–H groups in total. The van der Waals surface area contributed by atoms with Crippen molar-refractivity contribution in [2.75, 3.05) is 33.4 Å². The van der Waals surface area contributed by atoms with Crippen molar-refractivity contribution in [2.24, 2.45) is 0 Å². The molecule has 3 aromatic rings. The quantitative estimate of drug-likeness (QED) is 0.470. The Balaban J connectivity index is 1.56. The zero-order chi connectivity index (χ0) is 29.2. The molecule has 1 heterocycles. The van der Waals surface area contributed by atoms with Gasteiger partial charge in [0.05, 0.1) is 31.7 Å². The van der Waals surface area contributed by atoms with E-state index >= 15 is 0 Å². The molecule has 0 aromatic heterocycles. The van der Waals surface area contributed by atoms with Crippen molar-refractivity contribution >= 4 is 29.3 Å². The maximum atomic E-state index is 13.5. The molecule has 0 fully saturated rings. The summed E-state index contributed by atoms with van der Waals surface area (Å²) in [6.07, 6.45) is 1.85. The summed E-state index contributed by atoms with van der Waals surface area (Å²) in [5.74, 6) is 0.280. The van der Waals surface area contributed by atoms with Crippen LogP contribution < -0.4 is 20.1 Å². The molecule has 0 bridgehead atoms. The van der Waals surface area contributed by atoms with Crippen molar-refractivity contribution in [2.45, 2.75) is 38.6 Å². The Morgan fingerprint density at radius 3 is 2.66 bits per heavy atom. The van der Waals surface area contributed by atoms with E-state index in [9.17, 15) is 14.4 Å². The third-order valence-electron chi connectivity index (χ3n) is 6.92. The van der Waals surface area contributed by atoms with Crippen LogP contribution in [-0.4, -0.2) is 62.0 Å². The van der Waals surface area contributed by atoms with Crippen LogP contribution in [0.3, 0.4) is 0 Å². The highest BCUT2D eigenvalue weighted by Gasteiger charge is 2.23. The Bertz CT molecular complexity index is 1360. The highest BCUT2D eigenvalue weighted by molar-refractivity contribution is 6.31. The van der Waals surface area contributed by atoms with Gasteiger partial charge in [0.15, 0.2) is 0 Å². The van der Waals surface area contributed by atoms with Crippen LogP contribution in [0.25, 0.3) is 0 Å². The summed E-state index contributed by atoms with van der Waals surface area (Å²) < 4.78 is 11.5. The molecule has 1 atom stereocenters. The molecule has 1 aliphatic rings. The van der Waals surface area contributed by atoms with Gasteiger partial charge in [0, 0.05) is 23.7 Å². The molecule has 1 aliphatic heterocycles. The second-order valence-electron chi connectivity index (χ2n) is 10.2. The Labute approximate surface area is 246 Å². The third-order valence-corrected chi connectivity index (χ3v) is 7.16. The minimum Gasteiger partial charge on any atom is -0.496 e. The number of ether oxygens (including phenoxy) is 2. The van der Waals surface area contributed by atoms with E-state index in [0.717, 1.165) is 16.7 Å². The molecule has 3 amide bonds. The van der Waals surface area contributed by atoms with Crippen LogP contribution in [-0.2, 0) is 22.4 Å². The van der Waals surface area contributed by atoms with Crippen LogP contribution in [0, 0.1) is 6.92 Å². The minimum atomic E-state index is -0.407. The smallest absolute Gasteiger partial charge is 0.255 e. The van der Waals surface area contributed by atoms with Crippen molar-refractivity contribution in [3.63, 3.8) is 0 Å². The van der Waals surface area contributed by atoms with Gasteiger partial charge in [-0.05, 0) is 56.0 Å². The highest BCUT2D eigenvalue weighted by Crippen LogP contribution is 2.24. The summed E-state index contributed by atoms with van der Waals surface area (Å²) >= 11 is 6.19. The Morgan fingerprint density at radius 1 is 1.07 bits per heavy atom. The number of methoxy groups -OCH3 is 1. The van der Waals surface area contributed by atoms with E-state index in [2.05, 4.69) is 10.6 Å². The molecule has 4 rings (SSSR count). The van der Waals surface area contributed by atoms with Gasteiger partial charge in [0.1, 0.15) is 18.1 Å². The first-order chi connectivity index (χ1) is 19.8. The van der Waals surface area contributed by atoms with Gasteiger partial charge in [-0.2, -0.15) is 0 Å². The molecule has 0 saturated heterocycles. The van der Waals surface area contributed by atoms with Crippen LogP contribution in [0.1, 0.15) is 39.9 Å². The van der Waals surface area contributed by atoms with E-state index in [4.69, 9.17) is 21.1 Å². The van der Waals surface area contributed by atoms with E-state index in [-0.39, 0.29) is 37.3 Å². The zero-order valence-corrected chi connectivity index (χ0v) is 24.2. The number of benzene rings is 3. The van der Waals surface area contributed by atoms with Crippen LogP contribution in [0.5, 0.6) is 11.5 Å². The van der Waals surface area contributed by atoms with Crippen molar-refractivity contribution < 1.29 is 23.9 Å². The lowest BCUT2D eigenvalue weighted by Gasteiger charge is -2.25. The summed E-state index contributed by atoms with van der Waals surface area (Å²) in [5.41, 5.74) is 3.15. The van der Waals surface area contributed by atoms with Crippen LogP contribution in [0.2, 0.25) is 5.02 Å². The van der Waals surface area contributed by atoms with Crippen LogP contribution in [0.4, 0.5) is 0 Å². The number of fused-ring (bicyclic) bond motifs is 1. The lowest BCUT2D eigenvalue weighted by molar-refractivity contribution is -0.136. The van der Waals surface area contributed by atoms with Gasteiger partial charge in [-0.15, -0.1) is 0 Å². The minimum absolute atomic E-state index is 0.0865. The maximum absolute atomic E-state index is 13.5. The average Bonchev–Trinajstić information content (AvgIpc) is 2.96. The normalized spacial score (nSPS) is 16.8. The number of halogens is 1. The van der Waals surface area contributed by atoms with Crippen molar-refractivity contribution in [1.82, 2.24) is 15.5 Å². The number of aryl methyl sites for hydroxylation is 1. The predicted molar refractivity (Wildman–Crippen MR) is 159 cm³/mol. The molecule has 3 aromatic carbocycles. The van der Waals surface area contributed by atoms with Crippen LogP contribution in [0.15, 0.2) is 66.7 Å². The molecule has 0 unspecified atom stereocenters. The van der Waals surface area contributed by atoms with Crippen molar-refractivity contribution in [1.29, 1.82) is 0 Å². The topological polar surface area (TPSA) is 97.0 Å². The van der Waals surface area contributed by atoms with Gasteiger partial charge < -0.3 is 25.0 Å². The summed E-state index contributed by atoms with van der Waals surface area (Å²) in [6.45, 7) is 2.77. The lowest BCUT2D eigenvalue weighted by atomic mass is 10.1. The number of carbonyl (C=O) groups excluding carboxylic acids is 3. The molecule has 216 valence electrons. The number of hydrogen-bond acceptors (Lipinski definition) is 5. The first kappa shape index (κ1) is 29.9. The number of hydrogen-bond donors (Lipinski definition) is 2. The predicted octanol–water partition coefficient (Wildman–Crippen LogP) is 4.36. The SMILES string of the molecule is COc1ccc(C)cc1CC(=O)N1CCCCNC(=O)c2cc(Cl)ccc2OC[C@H](Cc2ccccc2)NC(=O)C1. The van der Waals surface area contributed by atoms with Gasteiger partial charge in [-0.25, -0.2) is 0 Å². The standard InChI is InChI=1S/C32H36ClN3O5/c1-22-10-12-28(40-2)24(16-22)18-31(38)36-15-7-6-14-34-32(39)27-19-25(33)11-13-29(27)41-21-26(35-30(37)20-36)17-23-8-4-3-5-9-23/h3-5,8-13,16,19,26H,6-7,14-15,17-18,20-21H2,1-2H3,(H,34,39)(H,35,37)/t26-/m0/s1. The molecule has 0 saturated carbocycles. The van der Waals surface area contributed by atoms with Gasteiger partial charge in [0.2, 0.25) is 11.8 Å². The zero-order valence-electron chi connectivity index (χ0n) is 23.5. The monoisotopic (exact) mass is 577 g/mol. The summed E-state index contributed by atoms with van der Waals surface area (Å²) in [7, 11) is 1.58. The van der Waals surface area contributed by atoms with E-state index in [1.807, 2.05) is 55.5 Å². The molecule has 0 radical (unpaired) electrons. The van der Waals surface area contributed by atoms with E-state index in [1.54, 1.807) is 30.2 Å². The second-order valence-corrected chi connectivity index (χ2v) is 10.6. The molecule has 9 heteroatoms. The number of nitrogens with zero attached hydrogens (tertiary/aromatic N) is 1. The Kier molecular flexibility index (Phi) is 10.6. The largest absolute Gasteiger partial charge is 0.496 e. The molecule has 8 nitrogen and oxygen atoms in total. The average molecular weight is 578 g/mol. The third kappa shape index (κ3) is 8.72. The second kappa shape index (κ2) is 14.6.